The summed E-state index contributed by atoms with van der Waals surface area (Å²) in [5, 5.41) is 4.41. The fraction of sp³-hybridized carbons (Fsp3) is 0.286. The number of aliphatic imine (C=N–C) groups is 1. The van der Waals surface area contributed by atoms with Crippen LogP contribution in [0.1, 0.15) is 17.3 Å². The lowest BCUT2D eigenvalue weighted by Crippen LogP contribution is -2.36. The van der Waals surface area contributed by atoms with Gasteiger partial charge in [0.1, 0.15) is 0 Å². The molecule has 0 fully saturated rings. The summed E-state index contributed by atoms with van der Waals surface area (Å²) in [6, 6.07) is 8.21. The zero-order chi connectivity index (χ0) is 14.3. The minimum atomic E-state index is 0.116. The normalized spacial score (nSPS) is 18.4. The molecule has 1 aliphatic rings. The summed E-state index contributed by atoms with van der Waals surface area (Å²) < 4.78 is 2.88. The van der Waals surface area contributed by atoms with Crippen LogP contribution in [0.15, 0.2) is 39.9 Å². The van der Waals surface area contributed by atoms with Gasteiger partial charge in [0.25, 0.3) is 0 Å². The maximum absolute atomic E-state index is 6.07. The number of halogens is 1. The van der Waals surface area contributed by atoms with Crippen molar-refractivity contribution >= 4 is 27.6 Å². The van der Waals surface area contributed by atoms with E-state index in [1.165, 1.54) is 5.56 Å². The predicted molar refractivity (Wildman–Crippen MR) is 83.8 cm³/mol. The Hall–Kier alpha value is -1.82. The van der Waals surface area contributed by atoms with E-state index in [0.29, 0.717) is 12.5 Å². The Morgan fingerprint density at radius 2 is 2.00 bits per heavy atom. The summed E-state index contributed by atoms with van der Waals surface area (Å²) in [4.78, 5) is 6.46. The van der Waals surface area contributed by atoms with E-state index < -0.39 is 0 Å². The highest BCUT2D eigenvalue weighted by atomic mass is 79.9. The standard InChI is InChI=1S/C14H16BrN5/c1-9-12(8-19(2)18-9)13-7-17-14(16)20(13)11-5-3-10(15)4-6-11/h3-6,8,13H,7H2,1-2H3,(H2,16,17). The molecule has 1 unspecified atom stereocenters. The third-order valence-electron chi connectivity index (χ3n) is 3.50. The Bertz CT molecular complexity index is 659. The number of aromatic nitrogens is 2. The molecular formula is C14H16BrN5. The highest BCUT2D eigenvalue weighted by molar-refractivity contribution is 9.10. The summed E-state index contributed by atoms with van der Waals surface area (Å²) in [5.74, 6) is 0.556. The number of nitrogens with two attached hydrogens (primary N) is 1. The number of anilines is 1. The molecule has 0 radical (unpaired) electrons. The van der Waals surface area contributed by atoms with Gasteiger partial charge in [0.15, 0.2) is 5.96 Å². The van der Waals surface area contributed by atoms with Crippen LogP contribution in [0.3, 0.4) is 0 Å². The van der Waals surface area contributed by atoms with E-state index in [4.69, 9.17) is 5.73 Å². The Kier molecular flexibility index (Phi) is 3.25. The van der Waals surface area contributed by atoms with Crippen molar-refractivity contribution in [3.05, 3.63) is 46.2 Å². The third kappa shape index (κ3) is 2.20. The predicted octanol–water partition coefficient (Wildman–Crippen LogP) is 2.37. The lowest BCUT2D eigenvalue weighted by molar-refractivity contribution is 0.751. The van der Waals surface area contributed by atoms with Gasteiger partial charge in [-0.3, -0.25) is 9.67 Å². The molecule has 0 amide bonds. The summed E-state index contributed by atoms with van der Waals surface area (Å²) in [7, 11) is 1.93. The van der Waals surface area contributed by atoms with Crippen molar-refractivity contribution in [2.45, 2.75) is 13.0 Å². The van der Waals surface area contributed by atoms with Gasteiger partial charge in [-0.1, -0.05) is 15.9 Å². The van der Waals surface area contributed by atoms with Gasteiger partial charge in [0.2, 0.25) is 0 Å². The molecule has 1 aliphatic heterocycles. The van der Waals surface area contributed by atoms with Gasteiger partial charge < -0.3 is 10.6 Å². The zero-order valence-electron chi connectivity index (χ0n) is 11.4. The largest absolute Gasteiger partial charge is 0.369 e. The molecule has 1 aromatic carbocycles. The smallest absolute Gasteiger partial charge is 0.196 e. The fourth-order valence-electron chi connectivity index (χ4n) is 2.59. The average molecular weight is 334 g/mol. The molecule has 2 heterocycles. The molecule has 2 N–H and O–H groups in total. The monoisotopic (exact) mass is 333 g/mol. The SMILES string of the molecule is Cc1nn(C)cc1C1CN=C(N)N1c1ccc(Br)cc1. The van der Waals surface area contributed by atoms with Crippen LogP contribution < -0.4 is 10.6 Å². The van der Waals surface area contributed by atoms with E-state index in [9.17, 15) is 0 Å². The molecule has 20 heavy (non-hydrogen) atoms. The van der Waals surface area contributed by atoms with Crippen molar-refractivity contribution in [3.8, 4) is 0 Å². The number of rotatable bonds is 2. The molecule has 0 spiro atoms. The second-order valence-electron chi connectivity index (χ2n) is 4.90. The van der Waals surface area contributed by atoms with Crippen LogP contribution in [0.4, 0.5) is 5.69 Å². The highest BCUT2D eigenvalue weighted by Gasteiger charge is 2.31. The minimum Gasteiger partial charge on any atom is -0.369 e. The molecule has 0 bridgehead atoms. The summed E-state index contributed by atoms with van der Waals surface area (Å²) >= 11 is 3.45. The second-order valence-corrected chi connectivity index (χ2v) is 5.82. The first-order valence-corrected chi connectivity index (χ1v) is 7.20. The van der Waals surface area contributed by atoms with Crippen LogP contribution in [-0.2, 0) is 7.05 Å². The fourth-order valence-corrected chi connectivity index (χ4v) is 2.86. The van der Waals surface area contributed by atoms with E-state index in [0.717, 1.165) is 15.9 Å². The van der Waals surface area contributed by atoms with Crippen molar-refractivity contribution in [2.24, 2.45) is 17.8 Å². The molecule has 5 nitrogen and oxygen atoms in total. The molecule has 0 saturated heterocycles. The van der Waals surface area contributed by atoms with Gasteiger partial charge in [-0.15, -0.1) is 0 Å². The first kappa shape index (κ1) is 13.2. The Labute approximate surface area is 126 Å². The Morgan fingerprint density at radius 1 is 1.30 bits per heavy atom. The van der Waals surface area contributed by atoms with Crippen molar-refractivity contribution in [3.63, 3.8) is 0 Å². The van der Waals surface area contributed by atoms with Crippen LogP contribution >= 0.6 is 15.9 Å². The molecule has 1 aromatic heterocycles. The molecule has 0 saturated carbocycles. The van der Waals surface area contributed by atoms with E-state index in [-0.39, 0.29) is 6.04 Å². The minimum absolute atomic E-state index is 0.116. The summed E-state index contributed by atoms with van der Waals surface area (Å²) in [6.07, 6.45) is 2.04. The van der Waals surface area contributed by atoms with Crippen LogP contribution in [0, 0.1) is 6.92 Å². The molecule has 1 atom stereocenters. The molecule has 2 aromatic rings. The molecule has 0 aliphatic carbocycles. The van der Waals surface area contributed by atoms with E-state index in [1.807, 2.05) is 49.1 Å². The number of aryl methyl sites for hydroxylation is 2. The van der Waals surface area contributed by atoms with E-state index in [2.05, 4.69) is 30.9 Å². The van der Waals surface area contributed by atoms with Crippen LogP contribution in [0.25, 0.3) is 0 Å². The quantitative estimate of drug-likeness (QED) is 0.917. The lowest BCUT2D eigenvalue weighted by atomic mass is 10.1. The van der Waals surface area contributed by atoms with E-state index in [1.54, 1.807) is 0 Å². The zero-order valence-corrected chi connectivity index (χ0v) is 13.0. The number of guanidine groups is 1. The maximum atomic E-state index is 6.07. The van der Waals surface area contributed by atoms with Gasteiger partial charge in [-0.2, -0.15) is 5.10 Å². The van der Waals surface area contributed by atoms with Crippen molar-refractivity contribution in [1.29, 1.82) is 0 Å². The summed E-state index contributed by atoms with van der Waals surface area (Å²) in [6.45, 7) is 2.68. The second kappa shape index (κ2) is 4.94. The Morgan fingerprint density at radius 3 is 2.60 bits per heavy atom. The maximum Gasteiger partial charge on any atom is 0.196 e. The van der Waals surface area contributed by atoms with Gasteiger partial charge in [0.05, 0.1) is 18.3 Å². The van der Waals surface area contributed by atoms with Gasteiger partial charge >= 0.3 is 0 Å². The molecular weight excluding hydrogens is 318 g/mol. The average Bonchev–Trinajstić information content (AvgIpc) is 2.93. The van der Waals surface area contributed by atoms with Crippen molar-refractivity contribution in [1.82, 2.24) is 9.78 Å². The topological polar surface area (TPSA) is 59.4 Å². The molecule has 3 rings (SSSR count). The first-order valence-electron chi connectivity index (χ1n) is 6.41. The lowest BCUT2D eigenvalue weighted by Gasteiger charge is -2.26. The number of nitrogens with zero attached hydrogens (tertiary/aromatic N) is 4. The molecule has 6 heteroatoms. The number of benzene rings is 1. The number of hydrogen-bond donors (Lipinski definition) is 1. The van der Waals surface area contributed by atoms with Gasteiger partial charge in [-0.05, 0) is 31.2 Å². The third-order valence-corrected chi connectivity index (χ3v) is 4.03. The molecule has 104 valence electrons. The van der Waals surface area contributed by atoms with Crippen LogP contribution in [0.5, 0.6) is 0 Å². The summed E-state index contributed by atoms with van der Waals surface area (Å²) in [5.41, 5.74) is 9.30. The number of hydrogen-bond acceptors (Lipinski definition) is 4. The Balaban J connectivity index is 2.00. The van der Waals surface area contributed by atoms with Crippen molar-refractivity contribution < 1.29 is 0 Å². The van der Waals surface area contributed by atoms with E-state index >= 15 is 0 Å². The van der Waals surface area contributed by atoms with Crippen LogP contribution in [-0.4, -0.2) is 22.3 Å². The first-order chi connectivity index (χ1) is 9.56. The van der Waals surface area contributed by atoms with Gasteiger partial charge in [0, 0.05) is 29.0 Å². The van der Waals surface area contributed by atoms with Gasteiger partial charge in [-0.25, -0.2) is 0 Å². The van der Waals surface area contributed by atoms with Crippen molar-refractivity contribution in [2.75, 3.05) is 11.4 Å². The van der Waals surface area contributed by atoms with Crippen LogP contribution in [0.2, 0.25) is 0 Å². The highest BCUT2D eigenvalue weighted by Crippen LogP contribution is 2.32.